The number of ether oxygens (including phenoxy) is 4. The van der Waals surface area contributed by atoms with E-state index in [0.29, 0.717) is 13.0 Å². The lowest BCUT2D eigenvalue weighted by atomic mass is 9.90. The van der Waals surface area contributed by atoms with E-state index < -0.39 is 5.60 Å². The van der Waals surface area contributed by atoms with Crippen molar-refractivity contribution in [2.24, 2.45) is 0 Å². The summed E-state index contributed by atoms with van der Waals surface area (Å²) >= 11 is 0. The Morgan fingerprint density at radius 3 is 2.95 bits per heavy atom. The normalized spacial score (nSPS) is 42.6. The van der Waals surface area contributed by atoms with Crippen LogP contribution in [0.3, 0.4) is 0 Å². The van der Waals surface area contributed by atoms with Crippen molar-refractivity contribution in [1.29, 1.82) is 0 Å². The Labute approximate surface area is 115 Å². The molecule has 2 heterocycles. The summed E-state index contributed by atoms with van der Waals surface area (Å²) in [4.78, 5) is 0. The number of terminal acetylenes is 1. The molecule has 0 N–H and O–H groups in total. The van der Waals surface area contributed by atoms with Gasteiger partial charge in [0.15, 0.2) is 6.29 Å². The largest absolute Gasteiger partial charge is 0.438 e. The van der Waals surface area contributed by atoms with E-state index in [1.165, 1.54) is 0 Å². The first-order valence-electron chi connectivity index (χ1n) is 6.76. The van der Waals surface area contributed by atoms with Gasteiger partial charge in [-0.2, -0.15) is 0 Å². The minimum atomic E-state index is -0.507. The van der Waals surface area contributed by atoms with Crippen LogP contribution in [-0.2, 0) is 18.9 Å². The van der Waals surface area contributed by atoms with Gasteiger partial charge in [0.05, 0.1) is 12.7 Å². The van der Waals surface area contributed by atoms with Crippen LogP contribution >= 0.6 is 0 Å². The van der Waals surface area contributed by atoms with Crippen molar-refractivity contribution in [2.45, 2.75) is 63.3 Å². The third-order valence-electron chi connectivity index (χ3n) is 3.89. The van der Waals surface area contributed by atoms with Crippen LogP contribution in [0.25, 0.3) is 0 Å². The first-order chi connectivity index (χ1) is 9.09. The first kappa shape index (κ1) is 14.4. The van der Waals surface area contributed by atoms with Gasteiger partial charge >= 0.3 is 0 Å². The molecule has 2 aliphatic rings. The lowest BCUT2D eigenvalue weighted by Gasteiger charge is -2.36. The minimum Gasteiger partial charge on any atom is -0.438 e. The van der Waals surface area contributed by atoms with Gasteiger partial charge in [0, 0.05) is 0 Å². The van der Waals surface area contributed by atoms with E-state index in [9.17, 15) is 0 Å². The molecule has 4 heteroatoms. The molecule has 0 aromatic heterocycles. The highest BCUT2D eigenvalue weighted by Crippen LogP contribution is 2.35. The Morgan fingerprint density at radius 1 is 1.47 bits per heavy atom. The fourth-order valence-electron chi connectivity index (χ4n) is 2.74. The van der Waals surface area contributed by atoms with Crippen LogP contribution in [0.15, 0.2) is 12.7 Å². The van der Waals surface area contributed by atoms with Crippen molar-refractivity contribution in [3.8, 4) is 12.5 Å². The Hall–Kier alpha value is -1.02. The molecular formula is C15H22O4. The van der Waals surface area contributed by atoms with Gasteiger partial charge < -0.3 is 18.9 Å². The van der Waals surface area contributed by atoms with E-state index >= 15 is 0 Å². The van der Waals surface area contributed by atoms with Crippen LogP contribution in [0.1, 0.15) is 33.1 Å². The second-order valence-electron chi connectivity index (χ2n) is 5.33. The number of hydrogen-bond acceptors (Lipinski definition) is 4. The molecule has 0 saturated carbocycles. The zero-order chi connectivity index (χ0) is 13.9. The van der Waals surface area contributed by atoms with Gasteiger partial charge in [-0.05, 0) is 33.1 Å². The lowest BCUT2D eigenvalue weighted by Crippen LogP contribution is -2.46. The number of hydrogen-bond donors (Lipinski definition) is 0. The van der Waals surface area contributed by atoms with Crippen molar-refractivity contribution in [2.75, 3.05) is 6.61 Å². The van der Waals surface area contributed by atoms with Crippen molar-refractivity contribution in [3.05, 3.63) is 12.7 Å². The monoisotopic (exact) mass is 266 g/mol. The SMILES string of the molecule is C#CO[C@]1(C)CC[C@@H]2O[C@H](C)OC[C@H]2O[C@H]1CC=C. The molecule has 19 heavy (non-hydrogen) atoms. The number of fused-ring (bicyclic) bond motifs is 1. The minimum absolute atomic E-state index is 0.0410. The summed E-state index contributed by atoms with van der Waals surface area (Å²) < 4.78 is 22.9. The van der Waals surface area contributed by atoms with Gasteiger partial charge in [-0.1, -0.05) is 12.5 Å². The maximum atomic E-state index is 6.13. The first-order valence-corrected chi connectivity index (χ1v) is 6.76. The number of rotatable bonds is 3. The van der Waals surface area contributed by atoms with Gasteiger partial charge in [-0.3, -0.25) is 0 Å². The van der Waals surface area contributed by atoms with Crippen LogP contribution in [0, 0.1) is 12.5 Å². The molecule has 4 nitrogen and oxygen atoms in total. The summed E-state index contributed by atoms with van der Waals surface area (Å²) in [6, 6.07) is 0. The summed E-state index contributed by atoms with van der Waals surface area (Å²) in [5.74, 6) is 0. The van der Waals surface area contributed by atoms with Crippen molar-refractivity contribution in [1.82, 2.24) is 0 Å². The second-order valence-corrected chi connectivity index (χ2v) is 5.33. The van der Waals surface area contributed by atoms with Crippen LogP contribution in [0.2, 0.25) is 0 Å². The van der Waals surface area contributed by atoms with E-state index in [1.807, 2.05) is 19.9 Å². The fraction of sp³-hybridized carbons (Fsp3) is 0.733. The summed E-state index contributed by atoms with van der Waals surface area (Å²) in [6.45, 7) is 8.22. The highest BCUT2D eigenvalue weighted by Gasteiger charge is 2.45. The Morgan fingerprint density at radius 2 is 2.26 bits per heavy atom. The van der Waals surface area contributed by atoms with Crippen molar-refractivity contribution < 1.29 is 18.9 Å². The average Bonchev–Trinajstić information content (AvgIpc) is 2.50. The summed E-state index contributed by atoms with van der Waals surface area (Å²) in [6.07, 6.45) is 11.4. The maximum Gasteiger partial charge on any atom is 0.155 e. The predicted molar refractivity (Wildman–Crippen MR) is 71.3 cm³/mol. The maximum absolute atomic E-state index is 6.13. The van der Waals surface area contributed by atoms with Crippen LogP contribution in [-0.4, -0.2) is 36.8 Å². The van der Waals surface area contributed by atoms with E-state index in [4.69, 9.17) is 25.4 Å². The zero-order valence-electron chi connectivity index (χ0n) is 11.6. The molecule has 2 saturated heterocycles. The summed E-state index contributed by atoms with van der Waals surface area (Å²) in [7, 11) is 0. The highest BCUT2D eigenvalue weighted by molar-refractivity contribution is 4.97. The van der Waals surface area contributed by atoms with Crippen LogP contribution < -0.4 is 0 Å². The molecule has 2 aliphatic heterocycles. The van der Waals surface area contributed by atoms with Gasteiger partial charge in [-0.15, -0.1) is 6.58 Å². The van der Waals surface area contributed by atoms with Gasteiger partial charge in [-0.25, -0.2) is 0 Å². The average molecular weight is 266 g/mol. The molecule has 0 bridgehead atoms. The van der Waals surface area contributed by atoms with Gasteiger partial charge in [0.25, 0.3) is 0 Å². The van der Waals surface area contributed by atoms with Gasteiger partial charge in [0.2, 0.25) is 0 Å². The zero-order valence-corrected chi connectivity index (χ0v) is 11.6. The molecule has 0 unspecified atom stereocenters. The summed E-state index contributed by atoms with van der Waals surface area (Å²) in [5.41, 5.74) is -0.507. The third-order valence-corrected chi connectivity index (χ3v) is 3.89. The standard InChI is InChI=1S/C15H22O4/c1-5-7-14-15(4,17-6-2)9-8-12-13(19-14)10-16-11(3)18-12/h2,5,11-14H,1,7-10H2,3-4H3/t11-,12+,13-,14+,15-/m1/s1. The van der Waals surface area contributed by atoms with E-state index in [-0.39, 0.29) is 24.6 Å². The lowest BCUT2D eigenvalue weighted by molar-refractivity contribution is -0.261. The smallest absolute Gasteiger partial charge is 0.155 e. The second kappa shape index (κ2) is 5.96. The third kappa shape index (κ3) is 3.11. The molecule has 0 aliphatic carbocycles. The molecule has 0 radical (unpaired) electrons. The molecule has 2 fully saturated rings. The molecule has 0 aromatic carbocycles. The van der Waals surface area contributed by atoms with E-state index in [0.717, 1.165) is 12.8 Å². The topological polar surface area (TPSA) is 36.9 Å². The predicted octanol–water partition coefficient (Wildman–Crippen LogP) is 2.24. The quantitative estimate of drug-likeness (QED) is 0.580. The Bertz CT molecular complexity index is 362. The molecule has 0 spiro atoms. The van der Waals surface area contributed by atoms with E-state index in [2.05, 4.69) is 12.7 Å². The molecule has 0 amide bonds. The molecule has 106 valence electrons. The molecule has 0 aromatic rings. The molecule has 5 atom stereocenters. The summed E-state index contributed by atoms with van der Waals surface area (Å²) in [5, 5.41) is 0. The Balaban J connectivity index is 2.15. The van der Waals surface area contributed by atoms with Crippen molar-refractivity contribution >= 4 is 0 Å². The van der Waals surface area contributed by atoms with Crippen LogP contribution in [0.5, 0.6) is 0 Å². The fourth-order valence-corrected chi connectivity index (χ4v) is 2.74. The van der Waals surface area contributed by atoms with Crippen molar-refractivity contribution in [3.63, 3.8) is 0 Å². The van der Waals surface area contributed by atoms with Gasteiger partial charge in [0.1, 0.15) is 23.9 Å². The molecular weight excluding hydrogens is 244 g/mol. The Kier molecular flexibility index (Phi) is 4.51. The highest BCUT2D eigenvalue weighted by atomic mass is 16.7. The molecule has 2 rings (SSSR count). The van der Waals surface area contributed by atoms with Crippen LogP contribution in [0.4, 0.5) is 0 Å². The van der Waals surface area contributed by atoms with E-state index in [1.54, 1.807) is 0 Å².